The molecule has 0 aromatic carbocycles. The molecule has 1 aromatic rings. The van der Waals surface area contributed by atoms with E-state index < -0.39 is 0 Å². The smallest absolute Gasteiger partial charge is 0.223 e. The molecule has 1 aromatic heterocycles. The van der Waals surface area contributed by atoms with Crippen molar-refractivity contribution in [1.29, 1.82) is 0 Å². The average Bonchev–Trinajstić information content (AvgIpc) is 3.18. The minimum atomic E-state index is 0.286. The lowest BCUT2D eigenvalue weighted by Gasteiger charge is -2.32. The molecule has 5 nitrogen and oxygen atoms in total. The SMILES string of the molecule is O=C(NCC1CCN(c2cnsn2)CC1)C1CCCC1. The number of piperidine rings is 1. The number of hydrogen-bond acceptors (Lipinski definition) is 5. The molecule has 0 spiro atoms. The molecule has 110 valence electrons. The van der Waals surface area contributed by atoms with Gasteiger partial charge in [0.1, 0.15) is 0 Å². The summed E-state index contributed by atoms with van der Waals surface area (Å²) >= 11 is 1.26. The van der Waals surface area contributed by atoms with Crippen LogP contribution in [0, 0.1) is 11.8 Å². The van der Waals surface area contributed by atoms with E-state index in [2.05, 4.69) is 19.0 Å². The zero-order valence-electron chi connectivity index (χ0n) is 11.8. The molecule has 1 aliphatic carbocycles. The van der Waals surface area contributed by atoms with Crippen molar-refractivity contribution in [2.45, 2.75) is 38.5 Å². The van der Waals surface area contributed by atoms with E-state index in [-0.39, 0.29) is 11.8 Å². The fraction of sp³-hybridized carbons (Fsp3) is 0.786. The second-order valence-corrected chi connectivity index (χ2v) is 6.48. The van der Waals surface area contributed by atoms with Crippen molar-refractivity contribution < 1.29 is 4.79 Å². The number of nitrogens with one attached hydrogen (secondary N) is 1. The zero-order valence-corrected chi connectivity index (χ0v) is 12.6. The molecule has 1 saturated heterocycles. The minimum Gasteiger partial charge on any atom is -0.356 e. The van der Waals surface area contributed by atoms with Crippen LogP contribution < -0.4 is 10.2 Å². The molecule has 6 heteroatoms. The summed E-state index contributed by atoms with van der Waals surface area (Å²) in [4.78, 5) is 14.3. The van der Waals surface area contributed by atoms with Gasteiger partial charge in [-0.1, -0.05) is 12.8 Å². The van der Waals surface area contributed by atoms with Crippen molar-refractivity contribution in [2.75, 3.05) is 24.5 Å². The second-order valence-electron chi connectivity index (χ2n) is 5.92. The maximum absolute atomic E-state index is 12.0. The lowest BCUT2D eigenvalue weighted by molar-refractivity contribution is -0.125. The summed E-state index contributed by atoms with van der Waals surface area (Å²) in [5.41, 5.74) is 0. The van der Waals surface area contributed by atoms with Gasteiger partial charge in [0.15, 0.2) is 5.82 Å². The Morgan fingerprint density at radius 1 is 1.30 bits per heavy atom. The van der Waals surface area contributed by atoms with Gasteiger partial charge in [0, 0.05) is 25.6 Å². The molecule has 0 bridgehead atoms. The first-order valence-electron chi connectivity index (χ1n) is 7.63. The fourth-order valence-corrected chi connectivity index (χ4v) is 3.68. The van der Waals surface area contributed by atoms with Gasteiger partial charge in [-0.2, -0.15) is 8.75 Å². The summed E-state index contributed by atoms with van der Waals surface area (Å²) in [5.74, 6) is 2.19. The molecule has 2 aliphatic rings. The van der Waals surface area contributed by atoms with Gasteiger partial charge in [-0.25, -0.2) is 0 Å². The predicted octanol–water partition coefficient (Wildman–Crippen LogP) is 2.06. The van der Waals surface area contributed by atoms with Gasteiger partial charge in [0.25, 0.3) is 0 Å². The Kier molecular flexibility index (Phi) is 4.50. The number of aromatic nitrogens is 2. The largest absolute Gasteiger partial charge is 0.356 e. The van der Waals surface area contributed by atoms with Crippen LogP contribution in [0.15, 0.2) is 6.20 Å². The lowest BCUT2D eigenvalue weighted by Crippen LogP contribution is -2.40. The van der Waals surface area contributed by atoms with Gasteiger partial charge in [0.05, 0.1) is 17.9 Å². The normalized spacial score (nSPS) is 21.3. The Morgan fingerprint density at radius 3 is 2.70 bits per heavy atom. The quantitative estimate of drug-likeness (QED) is 0.923. The van der Waals surface area contributed by atoms with E-state index in [1.807, 2.05) is 6.20 Å². The third-order valence-corrected chi connectivity index (χ3v) is 5.05. The summed E-state index contributed by atoms with van der Waals surface area (Å²) in [6, 6.07) is 0. The average molecular weight is 294 g/mol. The van der Waals surface area contributed by atoms with E-state index in [1.165, 1.54) is 24.6 Å². The molecule has 1 aliphatic heterocycles. The number of carbonyl (C=O) groups excluding carboxylic acids is 1. The van der Waals surface area contributed by atoms with Crippen LogP contribution >= 0.6 is 11.7 Å². The summed E-state index contributed by atoms with van der Waals surface area (Å²) in [7, 11) is 0. The van der Waals surface area contributed by atoms with Crippen LogP contribution in [0.2, 0.25) is 0 Å². The van der Waals surface area contributed by atoms with Crippen molar-refractivity contribution in [3.63, 3.8) is 0 Å². The molecule has 2 fully saturated rings. The molecular weight excluding hydrogens is 272 g/mol. The standard InChI is InChI=1S/C14H22N4OS/c19-14(12-3-1-2-4-12)15-9-11-5-7-18(8-6-11)13-10-16-20-17-13/h10-12H,1-9H2,(H,15,19). The highest BCUT2D eigenvalue weighted by atomic mass is 32.1. The Labute approximate surface area is 124 Å². The molecule has 0 atom stereocenters. The van der Waals surface area contributed by atoms with Crippen molar-refractivity contribution >= 4 is 23.5 Å². The van der Waals surface area contributed by atoms with Crippen LogP contribution in [0.4, 0.5) is 5.82 Å². The summed E-state index contributed by atoms with van der Waals surface area (Å²) < 4.78 is 8.33. The van der Waals surface area contributed by atoms with Crippen molar-refractivity contribution in [2.24, 2.45) is 11.8 Å². The number of nitrogens with zero attached hydrogens (tertiary/aromatic N) is 3. The van der Waals surface area contributed by atoms with Crippen LogP contribution in [-0.4, -0.2) is 34.3 Å². The molecule has 20 heavy (non-hydrogen) atoms. The number of amides is 1. The maximum Gasteiger partial charge on any atom is 0.223 e. The molecule has 1 N–H and O–H groups in total. The van der Waals surface area contributed by atoms with Crippen LogP contribution in [0.5, 0.6) is 0 Å². The highest BCUT2D eigenvalue weighted by molar-refractivity contribution is 6.99. The van der Waals surface area contributed by atoms with Gasteiger partial charge >= 0.3 is 0 Å². The Morgan fingerprint density at radius 2 is 2.05 bits per heavy atom. The highest BCUT2D eigenvalue weighted by Crippen LogP contribution is 2.25. The fourth-order valence-electron chi connectivity index (χ4n) is 3.24. The molecule has 1 saturated carbocycles. The number of rotatable bonds is 4. The maximum atomic E-state index is 12.0. The Hall–Kier alpha value is -1.17. The molecule has 0 unspecified atom stereocenters. The van der Waals surface area contributed by atoms with E-state index in [4.69, 9.17) is 0 Å². The van der Waals surface area contributed by atoms with Crippen molar-refractivity contribution in [1.82, 2.24) is 14.1 Å². The lowest BCUT2D eigenvalue weighted by atomic mass is 9.96. The first kappa shape index (κ1) is 13.8. The van der Waals surface area contributed by atoms with Gasteiger partial charge in [0.2, 0.25) is 5.91 Å². The Bertz CT molecular complexity index is 422. The van der Waals surface area contributed by atoms with Crippen LogP contribution in [0.25, 0.3) is 0 Å². The monoisotopic (exact) mass is 294 g/mol. The number of carbonyl (C=O) groups is 1. The van der Waals surface area contributed by atoms with E-state index in [1.54, 1.807) is 0 Å². The van der Waals surface area contributed by atoms with Gasteiger partial charge in [-0.15, -0.1) is 0 Å². The van der Waals surface area contributed by atoms with E-state index in [0.717, 1.165) is 51.1 Å². The van der Waals surface area contributed by atoms with E-state index >= 15 is 0 Å². The number of anilines is 1. The third kappa shape index (κ3) is 3.29. The van der Waals surface area contributed by atoms with Gasteiger partial charge in [-0.3, -0.25) is 4.79 Å². The van der Waals surface area contributed by atoms with Crippen LogP contribution in [0.3, 0.4) is 0 Å². The van der Waals surface area contributed by atoms with Gasteiger partial charge in [-0.05, 0) is 31.6 Å². The van der Waals surface area contributed by atoms with Gasteiger partial charge < -0.3 is 10.2 Å². The second kappa shape index (κ2) is 6.52. The van der Waals surface area contributed by atoms with Crippen LogP contribution in [0.1, 0.15) is 38.5 Å². The van der Waals surface area contributed by atoms with Crippen LogP contribution in [-0.2, 0) is 4.79 Å². The minimum absolute atomic E-state index is 0.286. The molecule has 0 radical (unpaired) electrons. The number of hydrogen-bond donors (Lipinski definition) is 1. The first-order valence-corrected chi connectivity index (χ1v) is 8.36. The molecule has 2 heterocycles. The van der Waals surface area contributed by atoms with E-state index in [9.17, 15) is 4.79 Å². The van der Waals surface area contributed by atoms with E-state index in [0.29, 0.717) is 5.92 Å². The first-order chi connectivity index (χ1) is 9.83. The highest BCUT2D eigenvalue weighted by Gasteiger charge is 2.25. The molecule has 3 rings (SSSR count). The van der Waals surface area contributed by atoms with Crippen molar-refractivity contribution in [3.8, 4) is 0 Å². The summed E-state index contributed by atoms with van der Waals surface area (Å²) in [5, 5.41) is 3.16. The topological polar surface area (TPSA) is 58.1 Å². The van der Waals surface area contributed by atoms with Crippen molar-refractivity contribution in [3.05, 3.63) is 6.20 Å². The summed E-state index contributed by atoms with van der Waals surface area (Å²) in [6.07, 6.45) is 8.70. The zero-order chi connectivity index (χ0) is 13.8. The molecule has 1 amide bonds. The Balaban J connectivity index is 1.39. The summed E-state index contributed by atoms with van der Waals surface area (Å²) in [6.45, 7) is 2.89. The third-order valence-electron chi connectivity index (χ3n) is 4.58. The molecular formula is C14H22N4OS. The predicted molar refractivity (Wildman–Crippen MR) is 79.8 cm³/mol.